The lowest BCUT2D eigenvalue weighted by Crippen LogP contribution is -1.64. The molecule has 64 valence electrons. The molecule has 0 spiro atoms. The third-order valence-electron chi connectivity index (χ3n) is 0.994. The first-order chi connectivity index (χ1) is 5.16. The first-order valence-electron chi connectivity index (χ1n) is 3.85. The van der Waals surface area contributed by atoms with Crippen LogP contribution in [-0.2, 0) is 0 Å². The SMILES string of the molecule is C=C(S)/C=C\C(C)=C/C.CC. The van der Waals surface area contributed by atoms with Crippen molar-refractivity contribution >= 4 is 12.6 Å². The van der Waals surface area contributed by atoms with Crippen LogP contribution < -0.4 is 0 Å². The lowest BCUT2D eigenvalue weighted by Gasteiger charge is -1.86. The molecule has 0 rings (SSSR count). The maximum absolute atomic E-state index is 4.00. The molecule has 0 unspecified atom stereocenters. The van der Waals surface area contributed by atoms with E-state index in [0.29, 0.717) is 0 Å². The predicted octanol–water partition coefficient (Wildman–Crippen LogP) is 3.98. The first kappa shape index (κ1) is 13.2. The van der Waals surface area contributed by atoms with Crippen molar-refractivity contribution in [3.63, 3.8) is 0 Å². The van der Waals surface area contributed by atoms with Gasteiger partial charge in [0.2, 0.25) is 0 Å². The van der Waals surface area contributed by atoms with Crippen molar-refractivity contribution < 1.29 is 0 Å². The fraction of sp³-hybridized carbons (Fsp3) is 0.400. The summed E-state index contributed by atoms with van der Waals surface area (Å²) in [5, 5.41) is 0. The average molecular weight is 170 g/mol. The zero-order valence-corrected chi connectivity index (χ0v) is 8.78. The van der Waals surface area contributed by atoms with Crippen LogP contribution in [0.5, 0.6) is 0 Å². The van der Waals surface area contributed by atoms with Gasteiger partial charge in [0.1, 0.15) is 0 Å². The second-order valence-electron chi connectivity index (χ2n) is 1.86. The quantitative estimate of drug-likeness (QED) is 0.470. The lowest BCUT2D eigenvalue weighted by molar-refractivity contribution is 1.48. The van der Waals surface area contributed by atoms with E-state index >= 15 is 0 Å². The molecule has 0 aromatic rings. The summed E-state index contributed by atoms with van der Waals surface area (Å²) in [5.41, 5.74) is 1.23. The van der Waals surface area contributed by atoms with Gasteiger partial charge in [0.15, 0.2) is 0 Å². The van der Waals surface area contributed by atoms with Crippen molar-refractivity contribution in [2.24, 2.45) is 0 Å². The van der Waals surface area contributed by atoms with E-state index in [-0.39, 0.29) is 0 Å². The van der Waals surface area contributed by atoms with Gasteiger partial charge in [-0.05, 0) is 24.8 Å². The van der Waals surface area contributed by atoms with Crippen LogP contribution in [0.25, 0.3) is 0 Å². The molecule has 0 heterocycles. The summed E-state index contributed by atoms with van der Waals surface area (Å²) in [6.07, 6.45) is 5.89. The molecule has 0 nitrogen and oxygen atoms in total. The van der Waals surface area contributed by atoms with E-state index in [9.17, 15) is 0 Å². The second-order valence-corrected chi connectivity index (χ2v) is 2.43. The Kier molecular flexibility index (Phi) is 11.5. The Hall–Kier alpha value is -0.430. The van der Waals surface area contributed by atoms with E-state index in [1.807, 2.05) is 45.9 Å². The fourth-order valence-corrected chi connectivity index (χ4v) is 0.398. The summed E-state index contributed by atoms with van der Waals surface area (Å²) in [4.78, 5) is 0.788. The van der Waals surface area contributed by atoms with Crippen molar-refractivity contribution in [3.8, 4) is 0 Å². The molecule has 0 aromatic carbocycles. The van der Waals surface area contributed by atoms with Crippen LogP contribution in [0.2, 0.25) is 0 Å². The molecule has 0 fully saturated rings. The first-order valence-corrected chi connectivity index (χ1v) is 4.30. The minimum Gasteiger partial charge on any atom is -0.144 e. The van der Waals surface area contributed by atoms with Gasteiger partial charge in [-0.1, -0.05) is 38.2 Å². The highest BCUT2D eigenvalue weighted by atomic mass is 32.1. The smallest absolute Gasteiger partial charge is 0.00319 e. The molecule has 0 aromatic heterocycles. The summed E-state index contributed by atoms with van der Waals surface area (Å²) < 4.78 is 0. The van der Waals surface area contributed by atoms with Crippen LogP contribution in [0.4, 0.5) is 0 Å². The average Bonchev–Trinajstić information content (AvgIpc) is 2.04. The lowest BCUT2D eigenvalue weighted by atomic mass is 10.3. The fourth-order valence-electron chi connectivity index (χ4n) is 0.324. The largest absolute Gasteiger partial charge is 0.144 e. The molecule has 0 bridgehead atoms. The van der Waals surface area contributed by atoms with E-state index < -0.39 is 0 Å². The highest BCUT2D eigenvalue weighted by molar-refractivity contribution is 7.84. The molecule has 0 aliphatic carbocycles. The van der Waals surface area contributed by atoms with E-state index in [0.717, 1.165) is 4.91 Å². The van der Waals surface area contributed by atoms with Crippen molar-refractivity contribution in [3.05, 3.63) is 35.3 Å². The van der Waals surface area contributed by atoms with Crippen LogP contribution in [0.1, 0.15) is 27.7 Å². The predicted molar refractivity (Wildman–Crippen MR) is 58.0 cm³/mol. The van der Waals surface area contributed by atoms with Gasteiger partial charge < -0.3 is 0 Å². The van der Waals surface area contributed by atoms with E-state index in [1.54, 1.807) is 0 Å². The standard InChI is InChI=1S/C8H12S.C2H6/c1-4-7(2)5-6-8(3)9;1-2/h4-6,9H,3H2,1-2H3;1-2H3/b6-5-,7-4-;. The monoisotopic (exact) mass is 170 g/mol. The van der Waals surface area contributed by atoms with Gasteiger partial charge in [-0.2, -0.15) is 0 Å². The molecule has 0 radical (unpaired) electrons. The van der Waals surface area contributed by atoms with Crippen molar-refractivity contribution in [1.29, 1.82) is 0 Å². The highest BCUT2D eigenvalue weighted by Crippen LogP contribution is 2.01. The van der Waals surface area contributed by atoms with Gasteiger partial charge >= 0.3 is 0 Å². The Morgan fingerprint density at radius 2 is 1.73 bits per heavy atom. The Balaban J connectivity index is 0. The molecule has 0 aliphatic heterocycles. The van der Waals surface area contributed by atoms with Gasteiger partial charge in [0.05, 0.1) is 0 Å². The Morgan fingerprint density at radius 3 is 2.00 bits per heavy atom. The normalized spacial score (nSPS) is 10.8. The summed E-state index contributed by atoms with van der Waals surface area (Å²) in [6, 6.07) is 0. The van der Waals surface area contributed by atoms with Gasteiger partial charge in [0.25, 0.3) is 0 Å². The Morgan fingerprint density at radius 1 is 1.27 bits per heavy atom. The van der Waals surface area contributed by atoms with Crippen LogP contribution in [-0.4, -0.2) is 0 Å². The van der Waals surface area contributed by atoms with Gasteiger partial charge in [-0.25, -0.2) is 0 Å². The topological polar surface area (TPSA) is 0 Å². The minimum atomic E-state index is 0.788. The van der Waals surface area contributed by atoms with Crippen molar-refractivity contribution in [1.82, 2.24) is 0 Å². The zero-order valence-electron chi connectivity index (χ0n) is 7.89. The van der Waals surface area contributed by atoms with E-state index in [4.69, 9.17) is 0 Å². The highest BCUT2D eigenvalue weighted by Gasteiger charge is 1.76. The van der Waals surface area contributed by atoms with Gasteiger partial charge in [0, 0.05) is 0 Å². The molecule has 0 atom stereocenters. The van der Waals surface area contributed by atoms with E-state index in [2.05, 4.69) is 19.2 Å². The summed E-state index contributed by atoms with van der Waals surface area (Å²) in [5.74, 6) is 0. The Bertz CT molecular complexity index is 152. The molecule has 0 N–H and O–H groups in total. The molecule has 0 amide bonds. The number of rotatable bonds is 2. The molecule has 0 saturated heterocycles. The van der Waals surface area contributed by atoms with E-state index in [1.165, 1.54) is 5.57 Å². The van der Waals surface area contributed by atoms with Gasteiger partial charge in [-0.15, -0.1) is 12.6 Å². The summed E-state index contributed by atoms with van der Waals surface area (Å²) in [7, 11) is 0. The van der Waals surface area contributed by atoms with Crippen LogP contribution >= 0.6 is 12.6 Å². The molecular formula is C10H18S. The molecular weight excluding hydrogens is 152 g/mol. The third-order valence-corrected chi connectivity index (χ3v) is 1.14. The molecule has 1 heteroatoms. The van der Waals surface area contributed by atoms with Crippen molar-refractivity contribution in [2.45, 2.75) is 27.7 Å². The van der Waals surface area contributed by atoms with Gasteiger partial charge in [-0.3, -0.25) is 0 Å². The van der Waals surface area contributed by atoms with Crippen LogP contribution in [0.15, 0.2) is 35.3 Å². The minimum absolute atomic E-state index is 0.788. The zero-order chi connectivity index (χ0) is 9.28. The molecule has 0 aliphatic rings. The molecule has 11 heavy (non-hydrogen) atoms. The Labute approximate surface area is 76.1 Å². The number of hydrogen-bond acceptors (Lipinski definition) is 1. The second kappa shape index (κ2) is 9.57. The summed E-state index contributed by atoms with van der Waals surface area (Å²) in [6.45, 7) is 11.6. The number of hydrogen-bond donors (Lipinski definition) is 1. The maximum atomic E-state index is 4.00. The van der Waals surface area contributed by atoms with Crippen LogP contribution in [0.3, 0.4) is 0 Å². The van der Waals surface area contributed by atoms with Crippen molar-refractivity contribution in [2.75, 3.05) is 0 Å². The number of allylic oxidation sites excluding steroid dienone is 4. The number of thiol groups is 1. The third kappa shape index (κ3) is 12.7. The summed E-state index contributed by atoms with van der Waals surface area (Å²) >= 11 is 4.00. The van der Waals surface area contributed by atoms with Crippen LogP contribution in [0, 0.1) is 0 Å². The molecule has 0 saturated carbocycles. The maximum Gasteiger partial charge on any atom is -0.00319 e.